The minimum absolute atomic E-state index is 0.0632. The van der Waals surface area contributed by atoms with Crippen LogP contribution in [0.25, 0.3) is 0 Å². The highest BCUT2D eigenvalue weighted by Crippen LogP contribution is 2.63. The zero-order valence-corrected chi connectivity index (χ0v) is 17.3. The first-order valence-corrected chi connectivity index (χ1v) is 10.8. The summed E-state index contributed by atoms with van der Waals surface area (Å²) in [6.45, 7) is 7.74. The third kappa shape index (κ3) is 3.13. The maximum Gasteiger partial charge on any atom is 0.302 e. The average molecular weight is 375 g/mol. The molecular formula is C23H34O4. The van der Waals surface area contributed by atoms with E-state index >= 15 is 0 Å². The van der Waals surface area contributed by atoms with Crippen LogP contribution in [0.5, 0.6) is 0 Å². The van der Waals surface area contributed by atoms with Gasteiger partial charge in [-0.15, -0.1) is 0 Å². The summed E-state index contributed by atoms with van der Waals surface area (Å²) in [5, 5.41) is 0. The highest BCUT2D eigenvalue weighted by Gasteiger charge is 2.56. The Morgan fingerprint density at radius 2 is 1.74 bits per heavy atom. The number of fused-ring (bicyclic) bond motifs is 4. The van der Waals surface area contributed by atoms with Crippen molar-refractivity contribution in [1.82, 2.24) is 0 Å². The van der Waals surface area contributed by atoms with Gasteiger partial charge in [0.15, 0.2) is 0 Å². The van der Waals surface area contributed by atoms with Gasteiger partial charge in [0, 0.05) is 19.3 Å². The number of allylic oxidation sites excluding steroid dienone is 1. The Bertz CT molecular complexity index is 680. The molecule has 150 valence electrons. The minimum Gasteiger partial charge on any atom is -0.463 e. The monoisotopic (exact) mass is 374 g/mol. The van der Waals surface area contributed by atoms with Crippen molar-refractivity contribution in [3.05, 3.63) is 11.1 Å². The third-order valence-electron chi connectivity index (χ3n) is 8.32. The second-order valence-electron chi connectivity index (χ2n) is 9.99. The summed E-state index contributed by atoms with van der Waals surface area (Å²) in [7, 11) is 0. The van der Waals surface area contributed by atoms with Gasteiger partial charge in [0.05, 0.1) is 0 Å². The SMILES string of the molecule is CC(=O)O[C@@H]1CCC2=C3CC[C@]4(C)CCC[C@@H]4[C@@H]3C[C@@H](OC(C)=O)[C@]2(C)C1. The topological polar surface area (TPSA) is 52.6 Å². The molecule has 3 saturated carbocycles. The van der Waals surface area contributed by atoms with Crippen LogP contribution in [-0.2, 0) is 19.1 Å². The minimum atomic E-state index is -0.211. The van der Waals surface area contributed by atoms with E-state index in [1.54, 1.807) is 5.57 Å². The van der Waals surface area contributed by atoms with Gasteiger partial charge in [-0.2, -0.15) is 0 Å². The first-order chi connectivity index (χ1) is 12.7. The maximum atomic E-state index is 11.9. The molecule has 0 aromatic heterocycles. The number of carbonyl (C=O) groups excluding carboxylic acids is 2. The van der Waals surface area contributed by atoms with Crippen molar-refractivity contribution in [2.45, 2.75) is 97.7 Å². The Morgan fingerprint density at radius 3 is 2.44 bits per heavy atom. The van der Waals surface area contributed by atoms with Gasteiger partial charge in [0.2, 0.25) is 0 Å². The predicted molar refractivity (Wildman–Crippen MR) is 103 cm³/mol. The van der Waals surface area contributed by atoms with E-state index in [2.05, 4.69) is 13.8 Å². The van der Waals surface area contributed by atoms with Crippen LogP contribution in [-0.4, -0.2) is 24.1 Å². The summed E-state index contributed by atoms with van der Waals surface area (Å²) in [4.78, 5) is 23.4. The second-order valence-corrected chi connectivity index (χ2v) is 9.99. The van der Waals surface area contributed by atoms with Crippen LogP contribution in [0.3, 0.4) is 0 Å². The Morgan fingerprint density at radius 1 is 1.00 bits per heavy atom. The van der Waals surface area contributed by atoms with Crippen molar-refractivity contribution in [3.63, 3.8) is 0 Å². The van der Waals surface area contributed by atoms with E-state index in [1.807, 2.05) is 0 Å². The van der Waals surface area contributed by atoms with Gasteiger partial charge in [-0.3, -0.25) is 9.59 Å². The first kappa shape index (κ1) is 19.0. The lowest BCUT2D eigenvalue weighted by atomic mass is 9.52. The Kier molecular flexibility index (Phi) is 4.67. The number of ether oxygens (including phenoxy) is 2. The molecule has 0 saturated heterocycles. The van der Waals surface area contributed by atoms with E-state index in [4.69, 9.17) is 9.47 Å². The predicted octanol–water partition coefficient (Wildman–Crippen LogP) is 4.96. The normalized spacial score (nSPS) is 43.4. The zero-order valence-electron chi connectivity index (χ0n) is 17.3. The lowest BCUT2D eigenvalue weighted by Gasteiger charge is -2.55. The largest absolute Gasteiger partial charge is 0.463 e. The molecule has 27 heavy (non-hydrogen) atoms. The van der Waals surface area contributed by atoms with Crippen LogP contribution < -0.4 is 0 Å². The van der Waals surface area contributed by atoms with Crippen molar-refractivity contribution in [2.75, 3.05) is 0 Å². The molecule has 0 aromatic rings. The van der Waals surface area contributed by atoms with Crippen molar-refractivity contribution in [2.24, 2.45) is 22.7 Å². The fourth-order valence-corrected chi connectivity index (χ4v) is 7.13. The highest BCUT2D eigenvalue weighted by molar-refractivity contribution is 5.67. The fourth-order valence-electron chi connectivity index (χ4n) is 7.13. The molecule has 0 aromatic carbocycles. The Hall–Kier alpha value is -1.32. The highest BCUT2D eigenvalue weighted by atomic mass is 16.5. The summed E-state index contributed by atoms with van der Waals surface area (Å²) < 4.78 is 11.5. The number of hydrogen-bond donors (Lipinski definition) is 0. The molecule has 0 heterocycles. The van der Waals surface area contributed by atoms with Crippen LogP contribution >= 0.6 is 0 Å². The van der Waals surface area contributed by atoms with Gasteiger partial charge >= 0.3 is 11.9 Å². The average Bonchev–Trinajstić information content (AvgIpc) is 2.96. The van der Waals surface area contributed by atoms with Gasteiger partial charge in [-0.25, -0.2) is 0 Å². The van der Waals surface area contributed by atoms with Gasteiger partial charge < -0.3 is 9.47 Å². The van der Waals surface area contributed by atoms with Crippen LogP contribution in [0.15, 0.2) is 11.1 Å². The Labute approximate surface area is 163 Å². The van der Waals surface area contributed by atoms with E-state index in [9.17, 15) is 9.59 Å². The van der Waals surface area contributed by atoms with E-state index in [1.165, 1.54) is 51.5 Å². The molecule has 3 fully saturated rings. The van der Waals surface area contributed by atoms with Crippen LogP contribution in [0.4, 0.5) is 0 Å². The van der Waals surface area contributed by atoms with Gasteiger partial charge in [-0.05, 0) is 68.6 Å². The second kappa shape index (κ2) is 6.63. The van der Waals surface area contributed by atoms with Crippen molar-refractivity contribution < 1.29 is 19.1 Å². The van der Waals surface area contributed by atoms with Gasteiger partial charge in [0.1, 0.15) is 12.2 Å². The molecule has 0 amide bonds. The number of hydrogen-bond acceptors (Lipinski definition) is 4. The van der Waals surface area contributed by atoms with E-state index in [-0.39, 0.29) is 29.6 Å². The molecule has 0 N–H and O–H groups in total. The van der Waals surface area contributed by atoms with Crippen LogP contribution in [0, 0.1) is 22.7 Å². The van der Waals surface area contributed by atoms with Crippen molar-refractivity contribution >= 4 is 11.9 Å². The summed E-state index contributed by atoms with van der Waals surface area (Å²) in [6, 6.07) is 0. The smallest absolute Gasteiger partial charge is 0.302 e. The fraction of sp³-hybridized carbons (Fsp3) is 0.826. The quantitative estimate of drug-likeness (QED) is 0.506. The number of carbonyl (C=O) groups is 2. The van der Waals surface area contributed by atoms with E-state index in [0.717, 1.165) is 31.6 Å². The number of rotatable bonds is 2. The molecule has 0 bridgehead atoms. The lowest BCUT2D eigenvalue weighted by molar-refractivity contribution is -0.162. The lowest BCUT2D eigenvalue weighted by Crippen LogP contribution is -2.51. The molecule has 0 unspecified atom stereocenters. The molecule has 4 nitrogen and oxygen atoms in total. The maximum absolute atomic E-state index is 11.9. The van der Waals surface area contributed by atoms with Crippen molar-refractivity contribution in [3.8, 4) is 0 Å². The molecule has 4 aliphatic carbocycles. The van der Waals surface area contributed by atoms with Crippen molar-refractivity contribution in [1.29, 1.82) is 0 Å². The first-order valence-electron chi connectivity index (χ1n) is 10.8. The molecule has 6 atom stereocenters. The molecule has 0 aliphatic heterocycles. The summed E-state index contributed by atoms with van der Waals surface area (Å²) >= 11 is 0. The summed E-state index contributed by atoms with van der Waals surface area (Å²) in [5.41, 5.74) is 3.48. The molecule has 4 heteroatoms. The molecule has 4 rings (SSSR count). The van der Waals surface area contributed by atoms with E-state index < -0.39 is 0 Å². The molecule has 0 spiro atoms. The zero-order chi connectivity index (χ0) is 19.4. The van der Waals surface area contributed by atoms with Crippen LogP contribution in [0.2, 0.25) is 0 Å². The van der Waals surface area contributed by atoms with Gasteiger partial charge in [-0.1, -0.05) is 31.4 Å². The Balaban J connectivity index is 1.71. The van der Waals surface area contributed by atoms with E-state index in [0.29, 0.717) is 11.3 Å². The number of esters is 2. The summed E-state index contributed by atoms with van der Waals surface area (Å²) in [5.74, 6) is 0.909. The van der Waals surface area contributed by atoms with Crippen LogP contribution in [0.1, 0.15) is 85.5 Å². The molecule has 4 aliphatic rings. The summed E-state index contributed by atoms with van der Waals surface area (Å²) in [6.07, 6.45) is 9.94. The molecular weight excluding hydrogens is 340 g/mol. The molecule has 0 radical (unpaired) electrons. The standard InChI is InChI=1S/C23H34O4/c1-14(24)26-16-7-8-20-17-9-11-22(3)10-5-6-19(22)18(17)12-21(27-15(2)25)23(20,4)13-16/h16,18-19,21H,5-13H2,1-4H3/t16-,18-,19-,21-,22+,23-/m1/s1. The third-order valence-corrected chi connectivity index (χ3v) is 8.32. The van der Waals surface area contributed by atoms with Gasteiger partial charge in [0.25, 0.3) is 0 Å².